The van der Waals surface area contributed by atoms with E-state index in [2.05, 4.69) is 27.9 Å². The predicted octanol–water partition coefficient (Wildman–Crippen LogP) is 3.11. The molecule has 138 valence electrons. The fourth-order valence-corrected chi connectivity index (χ4v) is 5.61. The van der Waals surface area contributed by atoms with E-state index in [0.29, 0.717) is 5.91 Å². The van der Waals surface area contributed by atoms with Crippen molar-refractivity contribution in [3.63, 3.8) is 0 Å². The molecule has 1 amide bonds. The molecule has 8 heteroatoms. The highest BCUT2D eigenvalue weighted by atomic mass is 32.2. The van der Waals surface area contributed by atoms with E-state index in [1.54, 1.807) is 23.1 Å². The molecule has 2 aromatic rings. The van der Waals surface area contributed by atoms with Crippen LogP contribution in [-0.4, -0.2) is 47.0 Å². The Kier molecular flexibility index (Phi) is 4.79. The molecular formula is C18H23N5OS2. The van der Waals surface area contributed by atoms with Gasteiger partial charge in [0, 0.05) is 32.2 Å². The van der Waals surface area contributed by atoms with Crippen LogP contribution in [0, 0.1) is 5.41 Å². The molecule has 0 aromatic carbocycles. The summed E-state index contributed by atoms with van der Waals surface area (Å²) in [6.07, 6.45) is 2.85. The van der Waals surface area contributed by atoms with Crippen molar-refractivity contribution >= 4 is 40.8 Å². The Bertz CT molecular complexity index is 797. The first-order valence-corrected chi connectivity index (χ1v) is 10.7. The molecule has 26 heavy (non-hydrogen) atoms. The first kappa shape index (κ1) is 17.6. The molecule has 2 aliphatic rings. The fraction of sp³-hybridized carbons (Fsp3) is 0.500. The first-order valence-electron chi connectivity index (χ1n) is 9.00. The van der Waals surface area contributed by atoms with Gasteiger partial charge in [-0.15, -0.1) is 11.3 Å². The molecule has 6 nitrogen and oxygen atoms in total. The second kappa shape index (κ2) is 7.08. The molecule has 1 spiro atoms. The van der Waals surface area contributed by atoms with Crippen molar-refractivity contribution in [3.8, 4) is 0 Å². The maximum atomic E-state index is 12.9. The Labute approximate surface area is 161 Å². The third-order valence-electron chi connectivity index (χ3n) is 5.18. The molecule has 2 N–H and O–H groups in total. The Hall–Kier alpha value is -1.80. The van der Waals surface area contributed by atoms with Gasteiger partial charge in [0.25, 0.3) is 0 Å². The number of nitrogen functional groups attached to an aromatic ring is 1. The van der Waals surface area contributed by atoms with E-state index in [1.165, 1.54) is 4.21 Å². The monoisotopic (exact) mass is 389 g/mol. The van der Waals surface area contributed by atoms with Gasteiger partial charge in [0.15, 0.2) is 0 Å². The summed E-state index contributed by atoms with van der Waals surface area (Å²) in [5, 5.41) is 2.90. The van der Waals surface area contributed by atoms with E-state index in [1.807, 2.05) is 22.4 Å². The molecular weight excluding hydrogens is 366 g/mol. The standard InChI is InChI=1S/C18H23N5OS2/c1-2-7-22-8-5-18(16(22)24)6-9-23(12-18)13-11-14(21-17(19)20-13)26-15-4-3-10-25-15/h3-4,10-11H,2,5-9,12H2,1H3,(H2,19,20,21). The minimum absolute atomic E-state index is 0.240. The lowest BCUT2D eigenvalue weighted by atomic mass is 9.85. The quantitative estimate of drug-likeness (QED) is 0.792. The van der Waals surface area contributed by atoms with Crippen molar-refractivity contribution in [2.75, 3.05) is 36.8 Å². The average molecular weight is 390 g/mol. The van der Waals surface area contributed by atoms with Crippen molar-refractivity contribution in [1.29, 1.82) is 0 Å². The van der Waals surface area contributed by atoms with Crippen LogP contribution in [0.15, 0.2) is 32.8 Å². The van der Waals surface area contributed by atoms with Crippen LogP contribution in [-0.2, 0) is 4.79 Å². The van der Waals surface area contributed by atoms with E-state index in [0.717, 1.165) is 56.3 Å². The van der Waals surface area contributed by atoms with E-state index >= 15 is 0 Å². The van der Waals surface area contributed by atoms with Crippen LogP contribution in [0.1, 0.15) is 26.2 Å². The van der Waals surface area contributed by atoms with Crippen molar-refractivity contribution in [1.82, 2.24) is 14.9 Å². The number of likely N-dealkylation sites (tertiary alicyclic amines) is 1. The second-order valence-electron chi connectivity index (χ2n) is 6.95. The minimum atomic E-state index is -0.240. The first-order chi connectivity index (χ1) is 12.6. The lowest BCUT2D eigenvalue weighted by Crippen LogP contribution is -2.37. The number of nitrogens with zero attached hydrogens (tertiary/aromatic N) is 4. The molecule has 0 radical (unpaired) electrons. The number of hydrogen-bond donors (Lipinski definition) is 1. The molecule has 0 aliphatic carbocycles. The summed E-state index contributed by atoms with van der Waals surface area (Å²) in [6.45, 7) is 5.43. The summed E-state index contributed by atoms with van der Waals surface area (Å²) in [4.78, 5) is 25.9. The SMILES string of the molecule is CCCN1CCC2(CCN(c3cc(Sc4cccs4)nc(N)n3)C2)C1=O. The molecule has 4 heterocycles. The molecule has 1 unspecified atom stereocenters. The summed E-state index contributed by atoms with van der Waals surface area (Å²) in [7, 11) is 0. The average Bonchev–Trinajstić information content (AvgIpc) is 3.33. The predicted molar refractivity (Wildman–Crippen MR) is 106 cm³/mol. The summed E-state index contributed by atoms with van der Waals surface area (Å²) < 4.78 is 1.17. The van der Waals surface area contributed by atoms with Crippen LogP contribution >= 0.6 is 23.1 Å². The number of amides is 1. The second-order valence-corrected chi connectivity index (χ2v) is 9.22. The number of aromatic nitrogens is 2. The number of nitrogens with two attached hydrogens (primary N) is 1. The largest absolute Gasteiger partial charge is 0.368 e. The summed E-state index contributed by atoms with van der Waals surface area (Å²) in [6, 6.07) is 6.08. The van der Waals surface area contributed by atoms with Crippen LogP contribution in [0.25, 0.3) is 0 Å². The van der Waals surface area contributed by atoms with Gasteiger partial charge in [0.2, 0.25) is 11.9 Å². The Balaban J connectivity index is 1.52. The number of hydrogen-bond acceptors (Lipinski definition) is 7. The number of carbonyl (C=O) groups excluding carboxylic acids is 1. The summed E-state index contributed by atoms with van der Waals surface area (Å²) in [5.74, 6) is 1.43. The van der Waals surface area contributed by atoms with Gasteiger partial charge in [-0.1, -0.05) is 24.8 Å². The van der Waals surface area contributed by atoms with Gasteiger partial charge in [-0.3, -0.25) is 4.79 Å². The molecule has 2 aliphatic heterocycles. The maximum Gasteiger partial charge on any atom is 0.230 e. The molecule has 1 atom stereocenters. The van der Waals surface area contributed by atoms with Crippen LogP contribution in [0.4, 0.5) is 11.8 Å². The number of anilines is 2. The van der Waals surface area contributed by atoms with Gasteiger partial charge in [-0.25, -0.2) is 4.98 Å². The molecule has 2 fully saturated rings. The van der Waals surface area contributed by atoms with Gasteiger partial charge < -0.3 is 15.5 Å². The van der Waals surface area contributed by atoms with Crippen LogP contribution in [0.5, 0.6) is 0 Å². The topological polar surface area (TPSA) is 75.3 Å². The van der Waals surface area contributed by atoms with Gasteiger partial charge in [0.05, 0.1) is 9.62 Å². The van der Waals surface area contributed by atoms with Crippen molar-refractivity contribution in [2.24, 2.45) is 5.41 Å². The van der Waals surface area contributed by atoms with Crippen molar-refractivity contribution in [2.45, 2.75) is 35.4 Å². The third kappa shape index (κ3) is 3.27. The van der Waals surface area contributed by atoms with E-state index in [9.17, 15) is 4.79 Å². The minimum Gasteiger partial charge on any atom is -0.368 e. The highest BCUT2D eigenvalue weighted by Gasteiger charge is 2.50. The maximum absolute atomic E-state index is 12.9. The third-order valence-corrected chi connectivity index (χ3v) is 7.13. The number of carbonyl (C=O) groups is 1. The van der Waals surface area contributed by atoms with E-state index in [4.69, 9.17) is 5.73 Å². The number of thiophene rings is 1. The molecule has 2 saturated heterocycles. The lowest BCUT2D eigenvalue weighted by molar-refractivity contribution is -0.135. The zero-order chi connectivity index (χ0) is 18.1. The highest BCUT2D eigenvalue weighted by Crippen LogP contribution is 2.42. The van der Waals surface area contributed by atoms with Crippen LogP contribution in [0.2, 0.25) is 0 Å². The van der Waals surface area contributed by atoms with Crippen molar-refractivity contribution < 1.29 is 4.79 Å². The smallest absolute Gasteiger partial charge is 0.230 e. The van der Waals surface area contributed by atoms with E-state index in [-0.39, 0.29) is 11.4 Å². The fourth-order valence-electron chi connectivity index (χ4n) is 3.89. The van der Waals surface area contributed by atoms with Crippen molar-refractivity contribution in [3.05, 3.63) is 23.6 Å². The Morgan fingerprint density at radius 3 is 2.96 bits per heavy atom. The van der Waals surface area contributed by atoms with Gasteiger partial charge >= 0.3 is 0 Å². The molecule has 0 saturated carbocycles. The molecule has 0 bridgehead atoms. The van der Waals surface area contributed by atoms with E-state index < -0.39 is 0 Å². The van der Waals surface area contributed by atoms with Gasteiger partial charge in [-0.05, 0) is 30.7 Å². The number of rotatable bonds is 5. The zero-order valence-corrected chi connectivity index (χ0v) is 16.5. The van der Waals surface area contributed by atoms with Crippen LogP contribution < -0.4 is 10.6 Å². The molecule has 2 aromatic heterocycles. The normalized spacial score (nSPS) is 22.7. The lowest BCUT2D eigenvalue weighted by Gasteiger charge is -2.24. The Morgan fingerprint density at radius 2 is 2.19 bits per heavy atom. The van der Waals surface area contributed by atoms with Crippen LogP contribution in [0.3, 0.4) is 0 Å². The van der Waals surface area contributed by atoms with Gasteiger partial charge in [-0.2, -0.15) is 4.98 Å². The summed E-state index contributed by atoms with van der Waals surface area (Å²) >= 11 is 3.28. The zero-order valence-electron chi connectivity index (χ0n) is 14.9. The highest BCUT2D eigenvalue weighted by molar-refractivity contribution is 8.01. The molecule has 4 rings (SSSR count). The van der Waals surface area contributed by atoms with Gasteiger partial charge in [0.1, 0.15) is 10.8 Å². The summed E-state index contributed by atoms with van der Waals surface area (Å²) in [5.41, 5.74) is 5.72. The Morgan fingerprint density at radius 1 is 1.35 bits per heavy atom.